The average Bonchev–Trinajstić information content (AvgIpc) is 3.07. The third-order valence-electron chi connectivity index (χ3n) is 5.62. The fourth-order valence-electron chi connectivity index (χ4n) is 3.76. The SMILES string of the molecule is CCCC[C@H](CC)C(=O)N(CCC[NH+]1CCOCC1)Cc1cccn1C. The van der Waals surface area contributed by atoms with Gasteiger partial charge in [-0.05, 0) is 25.0 Å². The second-order valence-electron chi connectivity index (χ2n) is 7.58. The molecule has 1 aromatic rings. The Labute approximate surface area is 159 Å². The molecule has 0 radical (unpaired) electrons. The lowest BCUT2D eigenvalue weighted by molar-refractivity contribution is -0.908. The van der Waals surface area contributed by atoms with E-state index in [0.29, 0.717) is 5.91 Å². The number of aryl methyl sites for hydroxylation is 1. The van der Waals surface area contributed by atoms with E-state index < -0.39 is 0 Å². The zero-order valence-corrected chi connectivity index (χ0v) is 17.0. The van der Waals surface area contributed by atoms with E-state index in [4.69, 9.17) is 4.74 Å². The van der Waals surface area contributed by atoms with Crippen molar-refractivity contribution in [3.05, 3.63) is 24.0 Å². The molecule has 0 aromatic carbocycles. The van der Waals surface area contributed by atoms with Gasteiger partial charge in [0.15, 0.2) is 0 Å². The van der Waals surface area contributed by atoms with Crippen molar-refractivity contribution in [3.8, 4) is 0 Å². The topological polar surface area (TPSA) is 38.9 Å². The fourth-order valence-corrected chi connectivity index (χ4v) is 3.76. The van der Waals surface area contributed by atoms with Crippen molar-refractivity contribution in [2.45, 2.75) is 52.5 Å². The summed E-state index contributed by atoms with van der Waals surface area (Å²) < 4.78 is 7.57. The molecule has 26 heavy (non-hydrogen) atoms. The van der Waals surface area contributed by atoms with Gasteiger partial charge in [-0.15, -0.1) is 0 Å². The molecule has 0 unspecified atom stereocenters. The molecule has 1 aliphatic rings. The molecule has 1 aliphatic heterocycles. The van der Waals surface area contributed by atoms with Gasteiger partial charge < -0.3 is 19.1 Å². The Kier molecular flexibility index (Phi) is 9.19. The van der Waals surface area contributed by atoms with Crippen LogP contribution in [0.2, 0.25) is 0 Å². The van der Waals surface area contributed by atoms with Gasteiger partial charge in [-0.25, -0.2) is 0 Å². The zero-order valence-electron chi connectivity index (χ0n) is 17.0. The molecule has 5 nitrogen and oxygen atoms in total. The molecule has 1 atom stereocenters. The first-order valence-electron chi connectivity index (χ1n) is 10.5. The first-order chi connectivity index (χ1) is 12.7. The van der Waals surface area contributed by atoms with E-state index in [1.165, 1.54) is 5.69 Å². The van der Waals surface area contributed by atoms with Crippen LogP contribution in [0, 0.1) is 5.92 Å². The number of hydrogen-bond acceptors (Lipinski definition) is 2. The highest BCUT2D eigenvalue weighted by atomic mass is 16.5. The molecule has 0 aliphatic carbocycles. The number of hydrogen-bond donors (Lipinski definition) is 1. The normalized spacial score (nSPS) is 16.6. The molecule has 0 saturated carbocycles. The molecule has 1 saturated heterocycles. The van der Waals surface area contributed by atoms with E-state index in [0.717, 1.165) is 78.0 Å². The number of aromatic nitrogens is 1. The minimum absolute atomic E-state index is 0.172. The first-order valence-corrected chi connectivity index (χ1v) is 10.5. The van der Waals surface area contributed by atoms with Crippen molar-refractivity contribution >= 4 is 5.91 Å². The van der Waals surface area contributed by atoms with E-state index in [1.807, 2.05) is 0 Å². The highest BCUT2D eigenvalue weighted by molar-refractivity contribution is 5.78. The van der Waals surface area contributed by atoms with Gasteiger partial charge in [-0.3, -0.25) is 4.79 Å². The third-order valence-corrected chi connectivity index (χ3v) is 5.62. The van der Waals surface area contributed by atoms with Gasteiger partial charge in [0.05, 0.1) is 26.3 Å². The van der Waals surface area contributed by atoms with E-state index in [-0.39, 0.29) is 5.92 Å². The average molecular weight is 365 g/mol. The van der Waals surface area contributed by atoms with E-state index >= 15 is 0 Å². The number of morpholine rings is 1. The van der Waals surface area contributed by atoms with E-state index in [2.05, 4.69) is 48.7 Å². The van der Waals surface area contributed by atoms with Gasteiger partial charge in [-0.1, -0.05) is 26.7 Å². The van der Waals surface area contributed by atoms with Crippen molar-refractivity contribution in [2.24, 2.45) is 13.0 Å². The van der Waals surface area contributed by atoms with Gasteiger partial charge in [-0.2, -0.15) is 0 Å². The summed E-state index contributed by atoms with van der Waals surface area (Å²) in [6.07, 6.45) is 7.38. The largest absolute Gasteiger partial charge is 0.370 e. The van der Waals surface area contributed by atoms with Crippen molar-refractivity contribution in [1.82, 2.24) is 9.47 Å². The summed E-state index contributed by atoms with van der Waals surface area (Å²) in [5.41, 5.74) is 1.21. The Bertz CT molecular complexity index is 523. The van der Waals surface area contributed by atoms with Gasteiger partial charge in [0, 0.05) is 37.8 Å². The third kappa shape index (κ3) is 6.44. The minimum atomic E-state index is 0.172. The van der Waals surface area contributed by atoms with Gasteiger partial charge in [0.1, 0.15) is 13.1 Å². The second-order valence-corrected chi connectivity index (χ2v) is 7.58. The summed E-state index contributed by atoms with van der Waals surface area (Å²) in [7, 11) is 2.06. The maximum Gasteiger partial charge on any atom is 0.226 e. The van der Waals surface area contributed by atoms with Crippen LogP contribution in [-0.2, 0) is 23.1 Å². The molecule has 2 heterocycles. The van der Waals surface area contributed by atoms with Crippen molar-refractivity contribution in [2.75, 3.05) is 39.4 Å². The molecule has 0 bridgehead atoms. The molecule has 148 valence electrons. The van der Waals surface area contributed by atoms with Crippen LogP contribution in [0.4, 0.5) is 0 Å². The maximum atomic E-state index is 13.2. The Morgan fingerprint density at radius 2 is 2.08 bits per heavy atom. The monoisotopic (exact) mass is 364 g/mol. The van der Waals surface area contributed by atoms with Crippen LogP contribution in [0.1, 0.15) is 51.6 Å². The van der Waals surface area contributed by atoms with E-state index in [9.17, 15) is 4.79 Å². The number of rotatable bonds is 11. The maximum absolute atomic E-state index is 13.2. The van der Waals surface area contributed by atoms with Gasteiger partial charge in [0.2, 0.25) is 5.91 Å². The van der Waals surface area contributed by atoms with Crippen LogP contribution in [0.25, 0.3) is 0 Å². The highest BCUT2D eigenvalue weighted by Gasteiger charge is 2.24. The molecule has 1 amide bonds. The van der Waals surface area contributed by atoms with Crippen LogP contribution in [0.15, 0.2) is 18.3 Å². The van der Waals surface area contributed by atoms with Crippen molar-refractivity contribution in [3.63, 3.8) is 0 Å². The zero-order chi connectivity index (χ0) is 18.8. The summed E-state index contributed by atoms with van der Waals surface area (Å²) >= 11 is 0. The number of nitrogens with one attached hydrogen (secondary N) is 1. The number of unbranched alkanes of at least 4 members (excludes halogenated alkanes) is 1. The lowest BCUT2D eigenvalue weighted by Crippen LogP contribution is -3.14. The fraction of sp³-hybridized carbons (Fsp3) is 0.762. The molecule has 0 spiro atoms. The van der Waals surface area contributed by atoms with Gasteiger partial charge in [0.25, 0.3) is 0 Å². The summed E-state index contributed by atoms with van der Waals surface area (Å²) in [6.45, 7) is 11.0. The summed E-state index contributed by atoms with van der Waals surface area (Å²) in [4.78, 5) is 16.9. The molecular weight excluding hydrogens is 326 g/mol. The molecule has 1 aromatic heterocycles. The first kappa shape index (κ1) is 21.0. The molecular formula is C21H38N3O2+. The highest BCUT2D eigenvalue weighted by Crippen LogP contribution is 2.18. The summed E-state index contributed by atoms with van der Waals surface area (Å²) in [6, 6.07) is 4.19. The van der Waals surface area contributed by atoms with Crippen LogP contribution < -0.4 is 4.90 Å². The van der Waals surface area contributed by atoms with Crippen molar-refractivity contribution in [1.29, 1.82) is 0 Å². The Hall–Kier alpha value is -1.33. The Morgan fingerprint density at radius 1 is 1.31 bits per heavy atom. The summed E-state index contributed by atoms with van der Waals surface area (Å²) in [5, 5.41) is 0. The quantitative estimate of drug-likeness (QED) is 0.651. The second kappa shape index (κ2) is 11.4. The minimum Gasteiger partial charge on any atom is -0.370 e. The number of carbonyl (C=O) groups excluding carboxylic acids is 1. The van der Waals surface area contributed by atoms with Crippen molar-refractivity contribution < 1.29 is 14.4 Å². The number of nitrogens with zero attached hydrogens (tertiary/aromatic N) is 2. The Balaban J connectivity index is 1.95. The van der Waals surface area contributed by atoms with E-state index in [1.54, 1.807) is 4.90 Å². The van der Waals surface area contributed by atoms with Crippen LogP contribution in [0.3, 0.4) is 0 Å². The lowest BCUT2D eigenvalue weighted by Gasteiger charge is -2.29. The molecule has 2 rings (SSSR count). The molecule has 5 heteroatoms. The van der Waals surface area contributed by atoms with Crippen LogP contribution >= 0.6 is 0 Å². The van der Waals surface area contributed by atoms with Crippen LogP contribution in [-0.4, -0.2) is 54.8 Å². The smallest absolute Gasteiger partial charge is 0.226 e. The van der Waals surface area contributed by atoms with Crippen LogP contribution in [0.5, 0.6) is 0 Å². The lowest BCUT2D eigenvalue weighted by atomic mass is 9.97. The predicted octanol–water partition coefficient (Wildman–Crippen LogP) is 1.88. The van der Waals surface area contributed by atoms with Gasteiger partial charge >= 0.3 is 0 Å². The number of ether oxygens (including phenoxy) is 1. The predicted molar refractivity (Wildman–Crippen MR) is 105 cm³/mol. The number of carbonyl (C=O) groups is 1. The standard InChI is InChI=1S/C21H37N3O2/c1-4-6-9-19(5-2)21(25)24(18-20-10-7-11-22(20)3)13-8-12-23-14-16-26-17-15-23/h7,10-11,19H,4-6,8-9,12-18H2,1-3H3/p+1/t19-/m0/s1. The number of quaternary nitrogens is 1. The Morgan fingerprint density at radius 3 is 2.69 bits per heavy atom. The molecule has 1 N–H and O–H groups in total. The molecule has 1 fully saturated rings. The number of amides is 1. The summed E-state index contributed by atoms with van der Waals surface area (Å²) in [5.74, 6) is 0.519.